The second-order valence-corrected chi connectivity index (χ2v) is 11.2. The maximum absolute atomic E-state index is 10.7. The molecule has 5 rings (SSSR count). The molecule has 0 radical (unpaired) electrons. The van der Waals surface area contributed by atoms with Crippen LogP contribution in [0.3, 0.4) is 0 Å². The van der Waals surface area contributed by atoms with Crippen molar-refractivity contribution in [1.29, 1.82) is 0 Å². The molecule has 0 saturated carbocycles. The van der Waals surface area contributed by atoms with Crippen LogP contribution in [-0.2, 0) is 19.7 Å². The van der Waals surface area contributed by atoms with Crippen molar-refractivity contribution >= 4 is 19.3 Å². The van der Waals surface area contributed by atoms with Gasteiger partial charge in [-0.05, 0) is 55.5 Å². The summed E-state index contributed by atoms with van der Waals surface area (Å²) in [5, 5.41) is 38.2. The maximum atomic E-state index is 10.7. The van der Waals surface area contributed by atoms with E-state index < -0.39 is 19.3 Å². The molecular weight excluding hydrogens is 695 g/mol. The van der Waals surface area contributed by atoms with E-state index in [2.05, 4.69) is 36.4 Å². The van der Waals surface area contributed by atoms with Crippen molar-refractivity contribution in [2.24, 2.45) is 0 Å². The topological polar surface area (TPSA) is 175 Å². The molecule has 0 saturated heterocycles. The minimum absolute atomic E-state index is 0.159. The molecule has 5 aromatic rings. The second kappa shape index (κ2) is 23.6. The molecule has 0 aliphatic rings. The Balaban J connectivity index is 0.000000238. The zero-order chi connectivity index (χ0) is 39.0. The molecule has 0 spiro atoms. The van der Waals surface area contributed by atoms with Crippen LogP contribution < -0.4 is 38.7 Å². The minimum atomic E-state index is -2.23. The molecule has 2 N–H and O–H groups in total. The summed E-state index contributed by atoms with van der Waals surface area (Å²) in [6.45, 7) is 4.04. The number of hydrogen-bond acceptors (Lipinski definition) is 9. The van der Waals surface area contributed by atoms with Crippen LogP contribution in [0.15, 0.2) is 140 Å². The summed E-state index contributed by atoms with van der Waals surface area (Å²) < 4.78 is 17.5. The van der Waals surface area contributed by atoms with E-state index in [1.807, 2.05) is 68.4 Å². The van der Waals surface area contributed by atoms with Gasteiger partial charge < -0.3 is 34.4 Å². The third-order valence-corrected chi connectivity index (χ3v) is 7.55. The Morgan fingerprint density at radius 2 is 0.981 bits per heavy atom. The Kier molecular flexibility index (Phi) is 18.5. The van der Waals surface area contributed by atoms with E-state index in [-0.39, 0.29) is 25.2 Å². The number of carboxylic acids is 2. The molecule has 2 aromatic heterocycles. The lowest BCUT2D eigenvalue weighted by Crippen LogP contribution is -2.48. The molecule has 0 fully saturated rings. The molecule has 0 unspecified atom stereocenters. The molecule has 284 valence electrons. The number of aromatic nitrogens is 2. The van der Waals surface area contributed by atoms with Crippen LogP contribution >= 0.6 is 0 Å². The Hall–Kier alpha value is -5.96. The first-order valence-corrected chi connectivity index (χ1v) is 17.3. The van der Waals surface area contributed by atoms with Gasteiger partial charge in [-0.1, -0.05) is 91.0 Å². The largest absolute Gasteiger partial charge is 0.871 e. The Bertz CT molecular complexity index is 1640. The Morgan fingerprint density at radius 3 is 1.31 bits per heavy atom. The van der Waals surface area contributed by atoms with Gasteiger partial charge in [0, 0.05) is 33.6 Å². The lowest BCUT2D eigenvalue weighted by molar-refractivity contribution is -0.892. The first-order chi connectivity index (χ1) is 26.2. The van der Waals surface area contributed by atoms with Crippen LogP contribution in [-0.4, -0.2) is 62.5 Å². The van der Waals surface area contributed by atoms with E-state index in [4.69, 9.17) is 34.0 Å². The number of rotatable bonds is 18. The molecule has 54 heavy (non-hydrogen) atoms. The van der Waals surface area contributed by atoms with Gasteiger partial charge in [0.05, 0.1) is 19.5 Å². The number of ether oxygens (including phenoxy) is 2. The number of carbonyl (C=O) groups is 2. The zero-order valence-corrected chi connectivity index (χ0v) is 30.3. The van der Waals surface area contributed by atoms with Crippen LogP contribution in [0, 0.1) is 0 Å². The fourth-order valence-electron chi connectivity index (χ4n) is 5.43. The number of pyridine rings is 2. The fraction of sp³-hybridized carbons (Fsp3) is 0.250. The number of benzene rings is 3. The van der Waals surface area contributed by atoms with Gasteiger partial charge in [-0.15, -0.1) is 0 Å². The predicted molar refractivity (Wildman–Crippen MR) is 194 cm³/mol. The van der Waals surface area contributed by atoms with Crippen LogP contribution in [0.25, 0.3) is 0 Å². The lowest BCUT2D eigenvalue weighted by Gasteiger charge is -2.37. The smallest absolute Gasteiger partial charge is 0.417 e. The molecule has 0 amide bonds. The van der Waals surface area contributed by atoms with Gasteiger partial charge in [0.1, 0.15) is 0 Å². The summed E-state index contributed by atoms with van der Waals surface area (Å²) in [4.78, 5) is 30.9. The second-order valence-electron chi connectivity index (χ2n) is 11.2. The third kappa shape index (κ3) is 13.9. The number of hydrogen-bond donors (Lipinski definition) is 2. The molecule has 2 heterocycles. The third-order valence-electron chi connectivity index (χ3n) is 7.55. The lowest BCUT2D eigenvalue weighted by atomic mass is 9.67. The number of carboxylic acid groups (broad SMARTS) is 2. The van der Waals surface area contributed by atoms with Gasteiger partial charge in [0.25, 0.3) is 0 Å². The summed E-state index contributed by atoms with van der Waals surface area (Å²) in [6, 6.07) is 41.3. The van der Waals surface area contributed by atoms with E-state index in [0.717, 1.165) is 6.42 Å². The van der Waals surface area contributed by atoms with Gasteiger partial charge in [-0.25, -0.2) is 9.59 Å². The fourth-order valence-corrected chi connectivity index (χ4v) is 5.43. The highest BCUT2D eigenvalue weighted by atomic mass is 16.7. The van der Waals surface area contributed by atoms with Gasteiger partial charge in [-0.3, -0.25) is 9.68 Å². The van der Waals surface area contributed by atoms with Gasteiger partial charge in [0.15, 0.2) is 26.4 Å². The van der Waals surface area contributed by atoms with E-state index in [9.17, 15) is 19.6 Å². The first kappa shape index (κ1) is 42.5. The Labute approximate surface area is 315 Å². The van der Waals surface area contributed by atoms with Crippen LogP contribution in [0.2, 0.25) is 0 Å². The monoisotopic (exact) mass is 740 g/mol. The number of nitrogens with zero attached hydrogens (tertiary/aromatic N) is 2. The van der Waals surface area contributed by atoms with Gasteiger partial charge >= 0.3 is 23.7 Å². The Morgan fingerprint density at radius 1 is 0.611 bits per heavy atom. The highest BCUT2D eigenvalue weighted by Crippen LogP contribution is 2.42. The van der Waals surface area contributed by atoms with E-state index in [1.165, 1.54) is 26.2 Å². The van der Waals surface area contributed by atoms with Crippen molar-refractivity contribution in [3.63, 3.8) is 0 Å². The van der Waals surface area contributed by atoms with Crippen molar-refractivity contribution in [3.8, 4) is 11.8 Å². The highest BCUT2D eigenvalue weighted by molar-refractivity contribution is 6.28. The first-order valence-electron chi connectivity index (χ1n) is 17.3. The van der Waals surface area contributed by atoms with Crippen LogP contribution in [0.1, 0.15) is 43.4 Å². The minimum Gasteiger partial charge on any atom is -0.871 e. The maximum Gasteiger partial charge on any atom is 0.417 e. The molecule has 3 aromatic carbocycles. The molecule has 0 bridgehead atoms. The molecular formula is C40H45BN2O11. The average Bonchev–Trinajstić information content (AvgIpc) is 3.19. The molecule has 0 atom stereocenters. The normalized spacial score (nSPS) is 10.4. The molecule has 0 aliphatic heterocycles. The SMILES string of the molecule is CCO[n+]1ccccc1OCC(=O)O.CCO[n+]1ccccc1OCC(=O)O.[O-]B([O-])OCCCC(c1ccccc1)(c1ccccc1)c1ccccc1. The summed E-state index contributed by atoms with van der Waals surface area (Å²) in [7, 11) is -2.23. The summed E-state index contributed by atoms with van der Waals surface area (Å²) in [5.74, 6) is -1.29. The van der Waals surface area contributed by atoms with Gasteiger partial charge in [-0.2, -0.15) is 0 Å². The summed E-state index contributed by atoms with van der Waals surface area (Å²) >= 11 is 0. The van der Waals surface area contributed by atoms with Crippen molar-refractivity contribution in [3.05, 3.63) is 156 Å². The van der Waals surface area contributed by atoms with Crippen molar-refractivity contribution in [2.75, 3.05) is 33.0 Å². The quantitative estimate of drug-likeness (QED) is 0.0584. The van der Waals surface area contributed by atoms with E-state index in [0.29, 0.717) is 31.4 Å². The summed E-state index contributed by atoms with van der Waals surface area (Å²) in [6.07, 6.45) is 4.65. The van der Waals surface area contributed by atoms with Crippen molar-refractivity contribution < 1.29 is 63.1 Å². The van der Waals surface area contributed by atoms with Crippen LogP contribution in [0.4, 0.5) is 0 Å². The van der Waals surface area contributed by atoms with Crippen molar-refractivity contribution in [2.45, 2.75) is 32.1 Å². The van der Waals surface area contributed by atoms with E-state index >= 15 is 0 Å². The van der Waals surface area contributed by atoms with Crippen LogP contribution in [0.5, 0.6) is 11.8 Å². The van der Waals surface area contributed by atoms with Crippen molar-refractivity contribution in [1.82, 2.24) is 0 Å². The molecule has 0 aliphatic carbocycles. The zero-order valence-electron chi connectivity index (χ0n) is 30.3. The molecule has 13 nitrogen and oxygen atoms in total. The van der Waals surface area contributed by atoms with Gasteiger partial charge in [0.2, 0.25) is 12.4 Å². The molecule has 14 heteroatoms. The van der Waals surface area contributed by atoms with E-state index in [1.54, 1.807) is 48.8 Å². The highest BCUT2D eigenvalue weighted by Gasteiger charge is 2.35. The summed E-state index contributed by atoms with van der Waals surface area (Å²) in [5.41, 5.74) is 3.17. The standard InChI is InChI=1S/C22H21BO3.2C9H11NO4/c24-23(25)26-18-10-17-22(19-11-4-1-5-12-19,20-13-6-2-7-14-20)21-15-8-3-9-16-21;2*1-2-14-10-6-4-3-5-8(10)13-7-9(11)12/h1-9,11-16H,10,17-18H2;2*3-6H,2,7H2,1H3/q-2;;/p+2. The average molecular weight is 741 g/mol. The number of aliphatic carboxylic acids is 2. The predicted octanol–water partition coefficient (Wildman–Crippen LogP) is 2.30.